The average Bonchev–Trinajstić information content (AvgIpc) is 3.83. The Hall–Kier alpha value is -4.37. The number of aromatic amines is 2. The van der Waals surface area contributed by atoms with Gasteiger partial charge in [-0.2, -0.15) is 10.1 Å². The molecular weight excluding hydrogens is 580 g/mol. The number of fused-ring (bicyclic) bond motifs is 3. The number of anilines is 1. The first-order valence-corrected chi connectivity index (χ1v) is 15.7. The summed E-state index contributed by atoms with van der Waals surface area (Å²) in [6.45, 7) is 7.85. The van der Waals surface area contributed by atoms with Crippen LogP contribution in [0, 0.1) is 6.92 Å². The molecule has 5 aromatic heterocycles. The van der Waals surface area contributed by atoms with Crippen LogP contribution in [0.1, 0.15) is 42.8 Å². The van der Waals surface area contributed by atoms with Crippen LogP contribution in [-0.4, -0.2) is 74.4 Å². The highest BCUT2D eigenvalue weighted by atomic mass is 32.2. The molecule has 1 saturated heterocycles. The van der Waals surface area contributed by atoms with Crippen LogP contribution >= 0.6 is 0 Å². The van der Waals surface area contributed by atoms with E-state index < -0.39 is 11.3 Å². The summed E-state index contributed by atoms with van der Waals surface area (Å²) >= 11 is -2.37. The molecule has 4 N–H and O–H groups in total. The van der Waals surface area contributed by atoms with E-state index in [0.29, 0.717) is 29.8 Å². The summed E-state index contributed by atoms with van der Waals surface area (Å²) in [5, 5.41) is 10.1. The second-order valence-electron chi connectivity index (χ2n) is 11.1. The third-order valence-corrected chi connectivity index (χ3v) is 8.55. The molecule has 0 spiro atoms. The van der Waals surface area contributed by atoms with Crippen molar-refractivity contribution >= 4 is 44.5 Å². The van der Waals surface area contributed by atoms with Crippen LogP contribution in [0.4, 0.5) is 5.82 Å². The number of nitrogens with zero attached hydrogens (tertiary/aromatic N) is 6. The molecule has 2 unspecified atom stereocenters. The molecule has 14 heteroatoms. The van der Waals surface area contributed by atoms with Crippen LogP contribution in [0.15, 0.2) is 49.2 Å². The van der Waals surface area contributed by atoms with Gasteiger partial charge in [0.15, 0.2) is 5.82 Å². The molecule has 7 rings (SSSR count). The van der Waals surface area contributed by atoms with Crippen molar-refractivity contribution in [1.82, 2.24) is 44.2 Å². The Bertz CT molecular complexity index is 1980. The molecule has 0 aliphatic carbocycles. The summed E-state index contributed by atoms with van der Waals surface area (Å²) in [6, 6.07) is 7.61. The lowest BCUT2D eigenvalue weighted by molar-refractivity contribution is 0.232. The quantitative estimate of drug-likeness (QED) is 0.158. The van der Waals surface area contributed by atoms with E-state index in [9.17, 15) is 8.76 Å². The van der Waals surface area contributed by atoms with Crippen molar-refractivity contribution in [3.63, 3.8) is 0 Å². The first kappa shape index (κ1) is 28.4. The van der Waals surface area contributed by atoms with Gasteiger partial charge in [-0.05, 0) is 80.7 Å². The smallest absolute Gasteiger partial charge is 0.242 e. The molecule has 1 fully saturated rings. The van der Waals surface area contributed by atoms with Crippen molar-refractivity contribution in [3.05, 3.63) is 66.1 Å². The molecule has 0 bridgehead atoms. The van der Waals surface area contributed by atoms with E-state index in [1.807, 2.05) is 61.2 Å². The van der Waals surface area contributed by atoms with Crippen molar-refractivity contribution in [1.29, 1.82) is 0 Å². The lowest BCUT2D eigenvalue weighted by Gasteiger charge is -2.18. The van der Waals surface area contributed by atoms with Crippen molar-refractivity contribution in [2.24, 2.45) is 0 Å². The van der Waals surface area contributed by atoms with Crippen LogP contribution < -0.4 is 14.8 Å². The monoisotopic (exact) mass is 613 g/mol. The van der Waals surface area contributed by atoms with E-state index in [-0.39, 0.29) is 12.6 Å². The van der Waals surface area contributed by atoms with Gasteiger partial charge in [-0.1, -0.05) is 0 Å². The maximum Gasteiger partial charge on any atom is 0.242 e. The van der Waals surface area contributed by atoms with Gasteiger partial charge in [0, 0.05) is 59.4 Å². The number of aromatic nitrogens is 7. The van der Waals surface area contributed by atoms with Crippen molar-refractivity contribution < 1.29 is 13.5 Å². The lowest BCUT2D eigenvalue weighted by Crippen LogP contribution is -2.25. The van der Waals surface area contributed by atoms with Gasteiger partial charge < -0.3 is 24.6 Å². The molecule has 0 radical (unpaired) electrons. The van der Waals surface area contributed by atoms with E-state index in [2.05, 4.69) is 34.9 Å². The molecule has 0 amide bonds. The largest absolute Gasteiger partial charge is 0.760 e. The van der Waals surface area contributed by atoms with Crippen LogP contribution in [0.25, 0.3) is 38.6 Å². The Morgan fingerprint density at radius 2 is 2.02 bits per heavy atom. The summed E-state index contributed by atoms with van der Waals surface area (Å²) in [6.07, 6.45) is 9.69. The second-order valence-corrected chi connectivity index (χ2v) is 11.9. The predicted octanol–water partition coefficient (Wildman–Crippen LogP) is 3.99. The fourth-order valence-electron chi connectivity index (χ4n) is 5.97. The first-order chi connectivity index (χ1) is 21.4. The molecular formula is C30H33N10O3S-. The summed E-state index contributed by atoms with van der Waals surface area (Å²) in [5.74, 6) is 1.76. The fraction of sp³-hybridized carbons (Fsp3) is 0.333. The maximum atomic E-state index is 11.2. The predicted molar refractivity (Wildman–Crippen MR) is 168 cm³/mol. The summed E-state index contributed by atoms with van der Waals surface area (Å²) in [4.78, 5) is 22.9. The number of rotatable bonds is 11. The average molecular weight is 614 g/mol. The van der Waals surface area contributed by atoms with E-state index in [4.69, 9.17) is 14.8 Å². The zero-order valence-corrected chi connectivity index (χ0v) is 25.3. The second kappa shape index (κ2) is 12.0. The van der Waals surface area contributed by atoms with E-state index in [0.717, 1.165) is 63.7 Å². The van der Waals surface area contributed by atoms with Gasteiger partial charge in [0.05, 0.1) is 11.4 Å². The number of hydrogen-bond donors (Lipinski definition) is 4. The maximum absolute atomic E-state index is 11.2. The number of aryl methyl sites for hydroxylation is 1. The van der Waals surface area contributed by atoms with E-state index in [1.165, 1.54) is 19.2 Å². The normalized spacial score (nSPS) is 15.4. The Morgan fingerprint density at radius 3 is 2.86 bits per heavy atom. The van der Waals surface area contributed by atoms with Gasteiger partial charge in [0.25, 0.3) is 0 Å². The number of benzene rings is 1. The highest BCUT2D eigenvalue weighted by Gasteiger charge is 2.21. The van der Waals surface area contributed by atoms with Gasteiger partial charge in [0.2, 0.25) is 5.88 Å². The zero-order valence-electron chi connectivity index (χ0n) is 24.5. The Morgan fingerprint density at radius 1 is 1.16 bits per heavy atom. The van der Waals surface area contributed by atoms with Crippen LogP contribution in [0.5, 0.6) is 5.88 Å². The summed E-state index contributed by atoms with van der Waals surface area (Å²) in [5.41, 5.74) is 6.10. The lowest BCUT2D eigenvalue weighted by atomic mass is 9.99. The molecule has 1 aliphatic heterocycles. The number of nitrogens with one attached hydrogen (secondary N) is 4. The van der Waals surface area contributed by atoms with Crippen LogP contribution in [0.2, 0.25) is 0 Å². The number of hydrogen-bond acceptors (Lipinski definition) is 9. The van der Waals surface area contributed by atoms with Crippen LogP contribution in [0.3, 0.4) is 0 Å². The minimum Gasteiger partial charge on any atom is -0.760 e. The van der Waals surface area contributed by atoms with Crippen LogP contribution in [-0.2, 0) is 17.8 Å². The molecule has 0 saturated carbocycles. The van der Waals surface area contributed by atoms with E-state index >= 15 is 0 Å². The SMILES string of the molecule is Cc1ccn2nc(C(C)Nc3ncnc4[nH]cc(-c5cc(CNS(=O)[O-])cc6[nH]ccc56)c34)nc(OCCN3CCCC3)c12. The standard InChI is InChI=1S/C30H34N10O3S/c1-18-6-10-40-26(18)30(43-12-11-39-8-3-4-9-39)37-27(38-40)19(2)36-29-25-23(16-32-28(25)33-17-34-29)22-13-20(15-35-44(41)42)14-24-21(22)5-7-31-24/h5-7,10,13-14,16-17,19,31,35H,3-4,8-9,11-12,15H2,1-2H3,(H,41,42)(H2,32,33,34,36)/p-1. The van der Waals surface area contributed by atoms with E-state index in [1.54, 1.807) is 0 Å². The Balaban J connectivity index is 1.22. The third-order valence-electron chi connectivity index (χ3n) is 8.17. The molecule has 13 nitrogen and oxygen atoms in total. The van der Waals surface area contributed by atoms with Gasteiger partial charge in [0.1, 0.15) is 29.9 Å². The molecule has 1 aromatic carbocycles. The molecule has 6 aromatic rings. The molecule has 44 heavy (non-hydrogen) atoms. The fourth-order valence-corrected chi connectivity index (χ4v) is 6.25. The summed E-state index contributed by atoms with van der Waals surface area (Å²) in [7, 11) is 0. The van der Waals surface area contributed by atoms with Crippen molar-refractivity contribution in [3.8, 4) is 17.0 Å². The Kier molecular flexibility index (Phi) is 7.72. The van der Waals surface area contributed by atoms with Gasteiger partial charge >= 0.3 is 0 Å². The first-order valence-electron chi connectivity index (χ1n) is 14.7. The molecule has 228 valence electrons. The zero-order chi connectivity index (χ0) is 30.2. The highest BCUT2D eigenvalue weighted by molar-refractivity contribution is 7.77. The Labute approximate surface area is 255 Å². The topological polar surface area (TPSA) is 164 Å². The number of ether oxygens (including phenoxy) is 1. The molecule has 6 heterocycles. The minimum absolute atomic E-state index is 0.167. The van der Waals surface area contributed by atoms with Gasteiger partial charge in [-0.3, -0.25) is 9.11 Å². The van der Waals surface area contributed by atoms with Crippen molar-refractivity contribution in [2.75, 3.05) is 31.6 Å². The molecule has 1 aliphatic rings. The van der Waals surface area contributed by atoms with Gasteiger partial charge in [-0.25, -0.2) is 19.2 Å². The third kappa shape index (κ3) is 5.52. The summed E-state index contributed by atoms with van der Waals surface area (Å²) < 4.78 is 32.9. The number of H-pyrrole nitrogens is 2. The van der Waals surface area contributed by atoms with Gasteiger partial charge in [-0.15, -0.1) is 0 Å². The minimum atomic E-state index is -2.37. The molecule has 2 atom stereocenters. The van der Waals surface area contributed by atoms with Crippen molar-refractivity contribution in [2.45, 2.75) is 39.3 Å². The number of likely N-dealkylation sites (tertiary alicyclic amines) is 1. The highest BCUT2D eigenvalue weighted by Crippen LogP contribution is 2.37.